The summed E-state index contributed by atoms with van der Waals surface area (Å²) in [4.78, 5) is 4.34. The monoisotopic (exact) mass is 217 g/mol. The van der Waals surface area contributed by atoms with Gasteiger partial charge in [-0.15, -0.1) is 0 Å². The summed E-state index contributed by atoms with van der Waals surface area (Å²) in [5, 5.41) is 3.26. The summed E-state index contributed by atoms with van der Waals surface area (Å²) in [7, 11) is 0. The number of rotatable bonds is 1. The second kappa shape index (κ2) is 3.72. The molecule has 2 aromatic rings. The Hall–Kier alpha value is -1.68. The van der Waals surface area contributed by atoms with Gasteiger partial charge in [-0.05, 0) is 12.1 Å². The summed E-state index contributed by atoms with van der Waals surface area (Å²) in [6, 6.07) is 6.64. The highest BCUT2D eigenvalue weighted by Gasteiger charge is 2.14. The molecular weight excluding hydrogens is 205 g/mol. The van der Waals surface area contributed by atoms with Crippen LogP contribution in [0.15, 0.2) is 30.5 Å². The van der Waals surface area contributed by atoms with Crippen molar-refractivity contribution in [1.82, 2.24) is 14.9 Å². The number of hydrogen-bond donors (Lipinski definition) is 1. The van der Waals surface area contributed by atoms with Crippen LogP contribution in [-0.4, -0.2) is 16.1 Å². The standard InChI is InChI=1S/C12H12FN3/c13-10-3-1-2-9(6-10)11-7-15-12-8-14-4-5-16(11)12/h1-3,6-7,14H,4-5,8H2. The van der Waals surface area contributed by atoms with E-state index in [1.165, 1.54) is 6.07 Å². The van der Waals surface area contributed by atoms with Crippen molar-refractivity contribution >= 4 is 0 Å². The molecule has 0 unspecified atom stereocenters. The number of nitrogens with one attached hydrogen (secondary N) is 1. The van der Waals surface area contributed by atoms with Crippen LogP contribution in [0, 0.1) is 5.82 Å². The number of aromatic nitrogens is 2. The van der Waals surface area contributed by atoms with E-state index in [4.69, 9.17) is 0 Å². The molecule has 1 aliphatic rings. The number of halogens is 1. The van der Waals surface area contributed by atoms with Crippen LogP contribution in [0.3, 0.4) is 0 Å². The van der Waals surface area contributed by atoms with Crippen LogP contribution in [0.2, 0.25) is 0 Å². The largest absolute Gasteiger partial charge is 0.326 e. The Kier molecular flexibility index (Phi) is 2.22. The zero-order valence-corrected chi connectivity index (χ0v) is 8.78. The van der Waals surface area contributed by atoms with Crippen molar-refractivity contribution in [2.75, 3.05) is 6.54 Å². The van der Waals surface area contributed by atoms with Gasteiger partial charge in [0.15, 0.2) is 0 Å². The zero-order valence-electron chi connectivity index (χ0n) is 8.78. The first-order chi connectivity index (χ1) is 7.84. The Morgan fingerprint density at radius 3 is 3.19 bits per heavy atom. The molecule has 0 spiro atoms. The van der Waals surface area contributed by atoms with Crippen molar-refractivity contribution in [3.05, 3.63) is 42.1 Å². The highest BCUT2D eigenvalue weighted by molar-refractivity contribution is 5.59. The summed E-state index contributed by atoms with van der Waals surface area (Å²) in [6.07, 6.45) is 1.82. The number of hydrogen-bond acceptors (Lipinski definition) is 2. The lowest BCUT2D eigenvalue weighted by atomic mass is 10.1. The molecule has 16 heavy (non-hydrogen) atoms. The van der Waals surface area contributed by atoms with E-state index in [1.807, 2.05) is 12.3 Å². The van der Waals surface area contributed by atoms with Crippen LogP contribution in [-0.2, 0) is 13.1 Å². The topological polar surface area (TPSA) is 29.9 Å². The molecule has 3 nitrogen and oxygen atoms in total. The lowest BCUT2D eigenvalue weighted by Gasteiger charge is -2.17. The van der Waals surface area contributed by atoms with Crippen LogP contribution in [0.1, 0.15) is 5.82 Å². The maximum Gasteiger partial charge on any atom is 0.123 e. The number of benzene rings is 1. The maximum absolute atomic E-state index is 13.1. The molecule has 1 aliphatic heterocycles. The number of imidazole rings is 1. The maximum atomic E-state index is 13.1. The molecule has 1 aromatic carbocycles. The van der Waals surface area contributed by atoms with Crippen molar-refractivity contribution in [2.24, 2.45) is 0 Å². The van der Waals surface area contributed by atoms with Crippen molar-refractivity contribution in [3.63, 3.8) is 0 Å². The molecule has 1 N–H and O–H groups in total. The highest BCUT2D eigenvalue weighted by Crippen LogP contribution is 2.22. The second-order valence-electron chi connectivity index (χ2n) is 3.90. The summed E-state index contributed by atoms with van der Waals surface area (Å²) in [6.45, 7) is 2.61. The molecular formula is C12H12FN3. The van der Waals surface area contributed by atoms with E-state index >= 15 is 0 Å². The third-order valence-corrected chi connectivity index (χ3v) is 2.85. The average molecular weight is 217 g/mol. The fraction of sp³-hybridized carbons (Fsp3) is 0.250. The van der Waals surface area contributed by atoms with Gasteiger partial charge in [-0.2, -0.15) is 0 Å². The van der Waals surface area contributed by atoms with Crippen molar-refractivity contribution in [3.8, 4) is 11.3 Å². The Labute approximate surface area is 92.9 Å². The van der Waals surface area contributed by atoms with Gasteiger partial charge in [0, 0.05) is 18.7 Å². The molecule has 0 saturated heterocycles. The predicted molar refractivity (Wildman–Crippen MR) is 59.3 cm³/mol. The molecule has 0 radical (unpaired) electrons. The third kappa shape index (κ3) is 1.51. The molecule has 0 bridgehead atoms. The summed E-state index contributed by atoms with van der Waals surface area (Å²) in [5.74, 6) is 0.812. The molecule has 3 rings (SSSR count). The van der Waals surface area contributed by atoms with Gasteiger partial charge in [0.25, 0.3) is 0 Å². The number of fused-ring (bicyclic) bond motifs is 1. The second-order valence-corrected chi connectivity index (χ2v) is 3.90. The van der Waals surface area contributed by atoms with Crippen LogP contribution in [0.5, 0.6) is 0 Å². The van der Waals surface area contributed by atoms with E-state index in [1.54, 1.807) is 12.1 Å². The SMILES string of the molecule is Fc1cccc(-c2cnc3n2CCNC3)c1. The molecule has 0 aliphatic carbocycles. The van der Waals surface area contributed by atoms with Crippen molar-refractivity contribution in [2.45, 2.75) is 13.1 Å². The van der Waals surface area contributed by atoms with E-state index < -0.39 is 0 Å². The van der Waals surface area contributed by atoms with Gasteiger partial charge in [-0.3, -0.25) is 0 Å². The quantitative estimate of drug-likeness (QED) is 0.789. The third-order valence-electron chi connectivity index (χ3n) is 2.85. The fourth-order valence-electron chi connectivity index (χ4n) is 2.07. The Balaban J connectivity index is 2.09. The Morgan fingerprint density at radius 1 is 1.38 bits per heavy atom. The zero-order chi connectivity index (χ0) is 11.0. The van der Waals surface area contributed by atoms with E-state index in [2.05, 4.69) is 14.9 Å². The molecule has 82 valence electrons. The van der Waals surface area contributed by atoms with E-state index in [9.17, 15) is 4.39 Å². The highest BCUT2D eigenvalue weighted by atomic mass is 19.1. The molecule has 0 atom stereocenters. The van der Waals surface area contributed by atoms with Crippen molar-refractivity contribution in [1.29, 1.82) is 0 Å². The lowest BCUT2D eigenvalue weighted by Crippen LogP contribution is -2.28. The molecule has 1 aromatic heterocycles. The van der Waals surface area contributed by atoms with E-state index in [-0.39, 0.29) is 5.82 Å². The summed E-state index contributed by atoms with van der Waals surface area (Å²) in [5.41, 5.74) is 1.89. The van der Waals surface area contributed by atoms with Crippen molar-refractivity contribution < 1.29 is 4.39 Å². The minimum absolute atomic E-state index is 0.206. The molecule has 0 saturated carbocycles. The predicted octanol–water partition coefficient (Wildman–Crippen LogP) is 1.79. The van der Waals surface area contributed by atoms with E-state index in [0.717, 1.165) is 36.7 Å². The first-order valence-electron chi connectivity index (χ1n) is 5.35. The van der Waals surface area contributed by atoms with Gasteiger partial charge in [-0.1, -0.05) is 12.1 Å². The van der Waals surface area contributed by atoms with E-state index in [0.29, 0.717) is 0 Å². The van der Waals surface area contributed by atoms with Gasteiger partial charge in [0.2, 0.25) is 0 Å². The minimum Gasteiger partial charge on any atom is -0.326 e. The van der Waals surface area contributed by atoms with Crippen LogP contribution in [0.25, 0.3) is 11.3 Å². The minimum atomic E-state index is -0.206. The average Bonchev–Trinajstić information content (AvgIpc) is 2.72. The number of nitrogens with zero attached hydrogens (tertiary/aromatic N) is 2. The summed E-state index contributed by atoms with van der Waals surface area (Å²) >= 11 is 0. The van der Waals surface area contributed by atoms with Gasteiger partial charge in [0.1, 0.15) is 11.6 Å². The summed E-state index contributed by atoms with van der Waals surface area (Å²) < 4.78 is 15.3. The smallest absolute Gasteiger partial charge is 0.123 e. The normalized spacial score (nSPS) is 14.8. The Morgan fingerprint density at radius 2 is 2.31 bits per heavy atom. The van der Waals surface area contributed by atoms with Gasteiger partial charge in [-0.25, -0.2) is 9.37 Å². The van der Waals surface area contributed by atoms with Gasteiger partial charge in [0.05, 0.1) is 18.4 Å². The van der Waals surface area contributed by atoms with Crippen LogP contribution < -0.4 is 5.32 Å². The lowest BCUT2D eigenvalue weighted by molar-refractivity contribution is 0.508. The van der Waals surface area contributed by atoms with Gasteiger partial charge < -0.3 is 9.88 Å². The molecule has 4 heteroatoms. The molecule has 0 fully saturated rings. The Bertz CT molecular complexity index is 519. The van der Waals surface area contributed by atoms with Crippen LogP contribution in [0.4, 0.5) is 4.39 Å². The fourth-order valence-corrected chi connectivity index (χ4v) is 2.07. The molecule has 2 heterocycles. The first kappa shape index (κ1) is 9.54. The van der Waals surface area contributed by atoms with Crippen LogP contribution >= 0.6 is 0 Å². The van der Waals surface area contributed by atoms with Gasteiger partial charge >= 0.3 is 0 Å². The first-order valence-corrected chi connectivity index (χ1v) is 5.35. The molecule has 0 amide bonds.